The molecule has 2 fully saturated rings. The van der Waals surface area contributed by atoms with Crippen LogP contribution >= 0.6 is 0 Å². The van der Waals surface area contributed by atoms with Gasteiger partial charge in [-0.1, -0.05) is 19.8 Å². The quantitative estimate of drug-likeness (QED) is 0.697. The summed E-state index contributed by atoms with van der Waals surface area (Å²) in [6, 6.07) is 0. The summed E-state index contributed by atoms with van der Waals surface area (Å²) in [6.45, 7) is 5.29. The lowest BCUT2D eigenvalue weighted by molar-refractivity contribution is -0.173. The summed E-state index contributed by atoms with van der Waals surface area (Å²) < 4.78 is 5.22. The molecule has 0 spiro atoms. The second kappa shape index (κ2) is 4.52. The van der Waals surface area contributed by atoms with Gasteiger partial charge in [0.25, 0.3) is 0 Å². The largest absolute Gasteiger partial charge is 0.379 e. The molecule has 0 aliphatic carbocycles. The van der Waals surface area contributed by atoms with Gasteiger partial charge in [0.2, 0.25) is 5.91 Å². The first-order valence-corrected chi connectivity index (χ1v) is 6.16. The fraction of sp³-hybridized carbons (Fsp3) is 0.917. The molecule has 0 radical (unpaired) electrons. The molecule has 0 atom stereocenters. The summed E-state index contributed by atoms with van der Waals surface area (Å²) in [7, 11) is 0. The number of likely N-dealkylation sites (tertiary alicyclic amines) is 1. The normalized spacial score (nSPS) is 25.5. The van der Waals surface area contributed by atoms with E-state index in [1.165, 1.54) is 25.7 Å². The Morgan fingerprint density at radius 3 is 2.20 bits per heavy atom. The highest BCUT2D eigenvalue weighted by molar-refractivity contribution is 5.83. The molecule has 0 aromatic heterocycles. The zero-order valence-electron chi connectivity index (χ0n) is 9.63. The number of carbonyl (C=O) groups excluding carboxylic acids is 1. The van der Waals surface area contributed by atoms with Crippen LogP contribution in [-0.4, -0.2) is 37.1 Å². The third-order valence-corrected chi connectivity index (χ3v) is 3.78. The number of rotatable bonds is 2. The molecule has 2 aliphatic heterocycles. The van der Waals surface area contributed by atoms with Crippen LogP contribution in [0, 0.1) is 5.41 Å². The van der Waals surface area contributed by atoms with E-state index in [0.717, 1.165) is 19.5 Å². The van der Waals surface area contributed by atoms with Gasteiger partial charge in [-0.25, -0.2) is 0 Å². The SMILES string of the molecule is CCC1(C(=O)N2CCCCCC2)COC1. The summed E-state index contributed by atoms with van der Waals surface area (Å²) >= 11 is 0. The molecule has 0 unspecified atom stereocenters. The van der Waals surface area contributed by atoms with E-state index < -0.39 is 0 Å². The van der Waals surface area contributed by atoms with Gasteiger partial charge in [0.05, 0.1) is 18.6 Å². The van der Waals surface area contributed by atoms with Crippen molar-refractivity contribution < 1.29 is 9.53 Å². The Morgan fingerprint density at radius 2 is 1.80 bits per heavy atom. The maximum Gasteiger partial charge on any atom is 0.233 e. The molecule has 3 heteroatoms. The third-order valence-electron chi connectivity index (χ3n) is 3.78. The molecular weight excluding hydrogens is 190 g/mol. The maximum absolute atomic E-state index is 12.3. The minimum absolute atomic E-state index is 0.162. The molecule has 15 heavy (non-hydrogen) atoms. The van der Waals surface area contributed by atoms with E-state index in [4.69, 9.17) is 4.74 Å². The number of amides is 1. The van der Waals surface area contributed by atoms with Crippen LogP contribution in [0.15, 0.2) is 0 Å². The van der Waals surface area contributed by atoms with Crippen LogP contribution in [0.1, 0.15) is 39.0 Å². The van der Waals surface area contributed by atoms with Crippen LogP contribution in [0.25, 0.3) is 0 Å². The molecule has 0 aromatic rings. The Morgan fingerprint density at radius 1 is 1.20 bits per heavy atom. The Balaban J connectivity index is 1.98. The summed E-state index contributed by atoms with van der Waals surface area (Å²) in [5, 5.41) is 0. The standard InChI is InChI=1S/C12H21NO2/c1-2-12(9-15-10-12)11(14)13-7-5-3-4-6-8-13/h2-10H2,1H3. The minimum Gasteiger partial charge on any atom is -0.379 e. The van der Waals surface area contributed by atoms with Crippen LogP contribution < -0.4 is 0 Å². The third kappa shape index (κ3) is 2.03. The molecule has 2 heterocycles. The van der Waals surface area contributed by atoms with Gasteiger partial charge in [-0.05, 0) is 19.3 Å². The molecule has 3 nitrogen and oxygen atoms in total. The Kier molecular flexibility index (Phi) is 3.29. The zero-order valence-corrected chi connectivity index (χ0v) is 9.63. The summed E-state index contributed by atoms with van der Waals surface area (Å²) in [5.41, 5.74) is -0.162. The summed E-state index contributed by atoms with van der Waals surface area (Å²) in [6.07, 6.45) is 5.82. The van der Waals surface area contributed by atoms with Crippen molar-refractivity contribution in [3.63, 3.8) is 0 Å². The van der Waals surface area contributed by atoms with Crippen molar-refractivity contribution in [3.8, 4) is 0 Å². The fourth-order valence-electron chi connectivity index (χ4n) is 2.44. The van der Waals surface area contributed by atoms with E-state index in [0.29, 0.717) is 19.1 Å². The molecular formula is C12H21NO2. The zero-order chi connectivity index (χ0) is 10.7. The van der Waals surface area contributed by atoms with Crippen molar-refractivity contribution in [2.24, 2.45) is 5.41 Å². The molecule has 0 aromatic carbocycles. The molecule has 2 rings (SSSR count). The van der Waals surface area contributed by atoms with Crippen LogP contribution in [0.4, 0.5) is 0 Å². The number of nitrogens with zero attached hydrogens (tertiary/aromatic N) is 1. The molecule has 2 aliphatic rings. The molecule has 2 saturated heterocycles. The van der Waals surface area contributed by atoms with Gasteiger partial charge in [-0.3, -0.25) is 4.79 Å². The molecule has 0 saturated carbocycles. The number of ether oxygens (including phenoxy) is 1. The van der Waals surface area contributed by atoms with Crippen molar-refractivity contribution in [2.45, 2.75) is 39.0 Å². The maximum atomic E-state index is 12.3. The average molecular weight is 211 g/mol. The van der Waals surface area contributed by atoms with E-state index in [1.807, 2.05) is 0 Å². The minimum atomic E-state index is -0.162. The Bertz CT molecular complexity index is 222. The van der Waals surface area contributed by atoms with Crippen molar-refractivity contribution in [1.82, 2.24) is 4.90 Å². The van der Waals surface area contributed by atoms with E-state index in [1.54, 1.807) is 0 Å². The second-order valence-electron chi connectivity index (χ2n) is 4.83. The van der Waals surface area contributed by atoms with E-state index in [-0.39, 0.29) is 5.41 Å². The number of hydrogen-bond acceptors (Lipinski definition) is 2. The van der Waals surface area contributed by atoms with Crippen molar-refractivity contribution in [2.75, 3.05) is 26.3 Å². The van der Waals surface area contributed by atoms with E-state index in [2.05, 4.69) is 11.8 Å². The highest BCUT2D eigenvalue weighted by Crippen LogP contribution is 2.34. The van der Waals surface area contributed by atoms with Gasteiger partial charge in [-0.2, -0.15) is 0 Å². The fourth-order valence-corrected chi connectivity index (χ4v) is 2.44. The molecule has 0 bridgehead atoms. The van der Waals surface area contributed by atoms with Crippen LogP contribution in [0.2, 0.25) is 0 Å². The number of carbonyl (C=O) groups is 1. The first-order valence-electron chi connectivity index (χ1n) is 6.16. The summed E-state index contributed by atoms with van der Waals surface area (Å²) in [5.74, 6) is 0.346. The Hall–Kier alpha value is -0.570. The highest BCUT2D eigenvalue weighted by Gasteiger charge is 2.46. The van der Waals surface area contributed by atoms with Crippen LogP contribution in [-0.2, 0) is 9.53 Å². The van der Waals surface area contributed by atoms with Gasteiger partial charge in [0.1, 0.15) is 0 Å². The predicted molar refractivity (Wildman–Crippen MR) is 58.6 cm³/mol. The van der Waals surface area contributed by atoms with Crippen molar-refractivity contribution >= 4 is 5.91 Å². The van der Waals surface area contributed by atoms with Crippen LogP contribution in [0.3, 0.4) is 0 Å². The van der Waals surface area contributed by atoms with Gasteiger partial charge in [0, 0.05) is 13.1 Å². The first-order chi connectivity index (χ1) is 7.28. The lowest BCUT2D eigenvalue weighted by Crippen LogP contribution is -2.55. The first kappa shape index (κ1) is 10.9. The van der Waals surface area contributed by atoms with E-state index >= 15 is 0 Å². The average Bonchev–Trinajstić information content (AvgIpc) is 2.44. The van der Waals surface area contributed by atoms with Crippen molar-refractivity contribution in [3.05, 3.63) is 0 Å². The topological polar surface area (TPSA) is 29.5 Å². The lowest BCUT2D eigenvalue weighted by atomic mass is 9.81. The van der Waals surface area contributed by atoms with Crippen LogP contribution in [0.5, 0.6) is 0 Å². The van der Waals surface area contributed by atoms with E-state index in [9.17, 15) is 4.79 Å². The van der Waals surface area contributed by atoms with Gasteiger partial charge >= 0.3 is 0 Å². The van der Waals surface area contributed by atoms with Gasteiger partial charge in [0.15, 0.2) is 0 Å². The molecule has 0 N–H and O–H groups in total. The number of hydrogen-bond donors (Lipinski definition) is 0. The Labute approximate surface area is 91.8 Å². The predicted octanol–water partition coefficient (Wildman–Crippen LogP) is 1.82. The van der Waals surface area contributed by atoms with Gasteiger partial charge in [-0.15, -0.1) is 0 Å². The molecule has 86 valence electrons. The smallest absolute Gasteiger partial charge is 0.233 e. The lowest BCUT2D eigenvalue weighted by Gasteiger charge is -2.42. The highest BCUT2D eigenvalue weighted by atomic mass is 16.5. The summed E-state index contributed by atoms with van der Waals surface area (Å²) in [4.78, 5) is 14.4. The molecule has 1 amide bonds. The van der Waals surface area contributed by atoms with Crippen molar-refractivity contribution in [1.29, 1.82) is 0 Å². The second-order valence-corrected chi connectivity index (χ2v) is 4.83. The van der Waals surface area contributed by atoms with Gasteiger partial charge < -0.3 is 9.64 Å². The monoisotopic (exact) mass is 211 g/mol.